The van der Waals surface area contributed by atoms with Gasteiger partial charge < -0.3 is 9.84 Å². The van der Waals surface area contributed by atoms with Gasteiger partial charge >= 0.3 is 11.9 Å². The van der Waals surface area contributed by atoms with E-state index in [2.05, 4.69) is 25.1 Å². The zero-order valence-corrected chi connectivity index (χ0v) is 15.6. The van der Waals surface area contributed by atoms with Crippen LogP contribution < -0.4 is 0 Å². The number of esters is 1. The molecule has 0 aliphatic carbocycles. The maximum Gasteiger partial charge on any atom is 0.338 e. The molecule has 0 aromatic carbocycles. The lowest BCUT2D eigenvalue weighted by Crippen LogP contribution is -1.97. The topological polar surface area (TPSA) is 121 Å². The van der Waals surface area contributed by atoms with Crippen LogP contribution in [0.4, 0.5) is 0 Å². The van der Waals surface area contributed by atoms with Crippen LogP contribution in [-0.2, 0) is 4.74 Å². The Balaban J connectivity index is 0.000000156. The Morgan fingerprint density at radius 3 is 1.89 bits per heavy atom. The van der Waals surface area contributed by atoms with Crippen molar-refractivity contribution in [2.45, 2.75) is 0 Å². The molecule has 0 atom stereocenters. The Morgan fingerprint density at radius 1 is 0.963 bits per heavy atom. The van der Waals surface area contributed by atoms with Gasteiger partial charge in [-0.1, -0.05) is 0 Å². The van der Waals surface area contributed by atoms with Crippen LogP contribution in [-0.4, -0.2) is 44.5 Å². The van der Waals surface area contributed by atoms with E-state index in [1.54, 1.807) is 47.7 Å². The van der Waals surface area contributed by atoms with Gasteiger partial charge in [0.1, 0.15) is 0 Å². The van der Waals surface area contributed by atoms with Crippen molar-refractivity contribution in [1.29, 1.82) is 0 Å². The van der Waals surface area contributed by atoms with Gasteiger partial charge in [-0.05, 0) is 12.1 Å². The van der Waals surface area contributed by atoms with Crippen molar-refractivity contribution in [2.75, 3.05) is 7.11 Å². The van der Waals surface area contributed by atoms with E-state index < -0.39 is 5.97 Å². The van der Waals surface area contributed by atoms with Crippen molar-refractivity contribution >= 4 is 34.6 Å². The molecule has 4 rings (SSSR count). The van der Waals surface area contributed by atoms with Crippen LogP contribution in [0.2, 0.25) is 0 Å². The molecule has 4 aromatic rings. The quantitative estimate of drug-likeness (QED) is 0.447. The number of carbonyl (C=O) groups excluding carboxylic acids is 1. The number of methoxy groups -OCH3 is 1. The molecular weight excluding hydrogens is 388 g/mol. The molecule has 27 heavy (non-hydrogen) atoms. The van der Waals surface area contributed by atoms with Crippen molar-refractivity contribution in [3.63, 3.8) is 0 Å². The zero-order valence-electron chi connectivity index (χ0n) is 14.0. The molecule has 0 aliphatic heterocycles. The van der Waals surface area contributed by atoms with Crippen LogP contribution in [0.1, 0.15) is 20.7 Å². The second kappa shape index (κ2) is 8.43. The Morgan fingerprint density at radius 2 is 1.48 bits per heavy atom. The number of hydrogen-bond donors (Lipinski definition) is 3. The van der Waals surface area contributed by atoms with E-state index in [1.807, 2.05) is 0 Å². The average Bonchev–Trinajstić information content (AvgIpc) is 3.47. The van der Waals surface area contributed by atoms with Crippen molar-refractivity contribution in [2.24, 2.45) is 0 Å². The lowest BCUT2D eigenvalue weighted by atomic mass is 10.2. The van der Waals surface area contributed by atoms with Crippen molar-refractivity contribution in [1.82, 2.24) is 20.4 Å². The van der Waals surface area contributed by atoms with Crippen LogP contribution >= 0.6 is 22.7 Å². The highest BCUT2D eigenvalue weighted by molar-refractivity contribution is 7.14. The van der Waals surface area contributed by atoms with Gasteiger partial charge in [-0.15, -0.1) is 22.7 Å². The summed E-state index contributed by atoms with van der Waals surface area (Å²) in [6.45, 7) is 0. The number of carboxylic acid groups (broad SMARTS) is 1. The predicted octanol–water partition coefficient (Wildman–Crippen LogP) is 3.76. The largest absolute Gasteiger partial charge is 0.478 e. The van der Waals surface area contributed by atoms with Gasteiger partial charge in [-0.3, -0.25) is 10.2 Å². The second-order valence-corrected chi connectivity index (χ2v) is 6.99. The number of rotatable bonds is 4. The highest BCUT2D eigenvalue weighted by Gasteiger charge is 2.10. The maximum absolute atomic E-state index is 11.2. The number of H-pyrrole nitrogens is 2. The highest BCUT2D eigenvalue weighted by atomic mass is 32.1. The predicted molar refractivity (Wildman–Crippen MR) is 102 cm³/mol. The third-order valence-electron chi connectivity index (χ3n) is 3.43. The van der Waals surface area contributed by atoms with Gasteiger partial charge in [0.15, 0.2) is 0 Å². The molecule has 138 valence electrons. The fourth-order valence-electron chi connectivity index (χ4n) is 2.08. The number of nitrogens with one attached hydrogen (secondary N) is 2. The molecule has 0 bridgehead atoms. The van der Waals surface area contributed by atoms with Crippen molar-refractivity contribution < 1.29 is 19.4 Å². The van der Waals surface area contributed by atoms with Gasteiger partial charge in [0.2, 0.25) is 0 Å². The number of hydrogen-bond acceptors (Lipinski definition) is 7. The van der Waals surface area contributed by atoms with Crippen molar-refractivity contribution in [3.05, 3.63) is 58.8 Å². The summed E-state index contributed by atoms with van der Waals surface area (Å²) in [5.41, 5.74) is 2.79. The average molecular weight is 402 g/mol. The minimum absolute atomic E-state index is 0.309. The minimum Gasteiger partial charge on any atom is -0.478 e. The van der Waals surface area contributed by atoms with Gasteiger partial charge in [0.05, 0.1) is 30.6 Å². The zero-order chi connectivity index (χ0) is 19.2. The minimum atomic E-state index is -0.897. The summed E-state index contributed by atoms with van der Waals surface area (Å²) < 4.78 is 4.61. The SMILES string of the molecule is COC(=O)c1csc(-c2cn[nH]c2)c1.O=C(O)c1csc(-c2cn[nH]c2)c1. The first-order valence-corrected chi connectivity index (χ1v) is 9.31. The number of ether oxygens (including phenoxy) is 1. The molecule has 10 heteroatoms. The molecule has 0 radical (unpaired) electrons. The van der Waals surface area contributed by atoms with Gasteiger partial charge in [0.25, 0.3) is 0 Å². The molecular formula is C17H14N4O4S2. The summed E-state index contributed by atoms with van der Waals surface area (Å²) in [5.74, 6) is -1.21. The molecule has 8 nitrogen and oxygen atoms in total. The number of carboxylic acids is 1. The van der Waals surface area contributed by atoms with Crippen LogP contribution in [0.3, 0.4) is 0 Å². The molecule has 0 fully saturated rings. The number of nitrogens with zero attached hydrogens (tertiary/aromatic N) is 2. The first kappa shape index (κ1) is 18.5. The van der Waals surface area contributed by atoms with E-state index in [0.717, 1.165) is 20.9 Å². The van der Waals surface area contributed by atoms with E-state index >= 15 is 0 Å². The smallest absolute Gasteiger partial charge is 0.338 e. The van der Waals surface area contributed by atoms with E-state index in [4.69, 9.17) is 5.11 Å². The number of aromatic amines is 2. The van der Waals surface area contributed by atoms with Gasteiger partial charge in [-0.25, -0.2) is 9.59 Å². The molecule has 0 saturated carbocycles. The summed E-state index contributed by atoms with van der Waals surface area (Å²) in [5, 5.41) is 25.1. The lowest BCUT2D eigenvalue weighted by molar-refractivity contribution is 0.0600. The lowest BCUT2D eigenvalue weighted by Gasteiger charge is -1.91. The first-order valence-electron chi connectivity index (χ1n) is 7.55. The monoisotopic (exact) mass is 402 g/mol. The van der Waals surface area contributed by atoms with Gasteiger partial charge in [0, 0.05) is 44.0 Å². The highest BCUT2D eigenvalue weighted by Crippen LogP contribution is 2.27. The molecule has 4 heterocycles. The fourth-order valence-corrected chi connectivity index (χ4v) is 3.81. The standard InChI is InChI=1S/C9H8N2O2S.C8H6N2O2S/c1-13-9(12)6-2-8(14-5-6)7-3-10-11-4-7;11-8(12)5-1-7(13-4-5)6-2-9-10-3-6/h2-5H,1H3,(H,10,11);1-4H,(H,9,10)(H,11,12). The van der Waals surface area contributed by atoms with E-state index in [9.17, 15) is 9.59 Å². The molecule has 4 aromatic heterocycles. The Kier molecular flexibility index (Phi) is 5.79. The molecule has 3 N–H and O–H groups in total. The van der Waals surface area contributed by atoms with E-state index in [-0.39, 0.29) is 5.97 Å². The number of thiophene rings is 2. The van der Waals surface area contributed by atoms with Crippen molar-refractivity contribution in [3.8, 4) is 20.9 Å². The normalized spacial score (nSPS) is 10.1. The molecule has 0 unspecified atom stereocenters. The third kappa shape index (κ3) is 4.49. The fraction of sp³-hybridized carbons (Fsp3) is 0.0588. The Labute approximate surface area is 161 Å². The molecule has 0 aliphatic rings. The first-order chi connectivity index (χ1) is 13.1. The summed E-state index contributed by atoms with van der Waals surface area (Å²) in [6, 6.07) is 3.43. The summed E-state index contributed by atoms with van der Waals surface area (Å²) in [6.07, 6.45) is 6.90. The third-order valence-corrected chi connectivity index (χ3v) is 5.39. The molecule has 0 saturated heterocycles. The van der Waals surface area contributed by atoms with Crippen LogP contribution in [0.15, 0.2) is 47.7 Å². The number of aromatic nitrogens is 4. The van der Waals surface area contributed by atoms with Crippen LogP contribution in [0.25, 0.3) is 20.9 Å². The Hall–Kier alpha value is -3.24. The number of carbonyl (C=O) groups is 2. The van der Waals surface area contributed by atoms with Crippen LogP contribution in [0, 0.1) is 0 Å². The van der Waals surface area contributed by atoms with E-state index in [0.29, 0.717) is 11.1 Å². The van der Waals surface area contributed by atoms with E-state index in [1.165, 1.54) is 29.8 Å². The molecule has 0 spiro atoms. The maximum atomic E-state index is 11.2. The Bertz CT molecular complexity index is 1020. The summed E-state index contributed by atoms with van der Waals surface area (Å²) in [7, 11) is 1.37. The van der Waals surface area contributed by atoms with Gasteiger partial charge in [-0.2, -0.15) is 10.2 Å². The van der Waals surface area contributed by atoms with Crippen LogP contribution in [0.5, 0.6) is 0 Å². The number of aromatic carboxylic acids is 1. The summed E-state index contributed by atoms with van der Waals surface area (Å²) >= 11 is 2.88. The second-order valence-electron chi connectivity index (χ2n) is 5.17. The summed E-state index contributed by atoms with van der Waals surface area (Å²) in [4.78, 5) is 23.6. The molecule has 0 amide bonds.